The molecule has 2 heterocycles. The number of likely N-dealkylation sites (tertiary alicyclic amines) is 1. The lowest BCUT2D eigenvalue weighted by molar-refractivity contribution is -0.132. The van der Waals surface area contributed by atoms with Gasteiger partial charge in [0.25, 0.3) is 0 Å². The van der Waals surface area contributed by atoms with Gasteiger partial charge in [-0.05, 0) is 36.8 Å². The molecule has 1 aromatic rings. The molecule has 0 radical (unpaired) electrons. The molecule has 2 aliphatic heterocycles. The molecule has 0 spiro atoms. The number of hydrogen-bond acceptors (Lipinski definition) is 4. The van der Waals surface area contributed by atoms with E-state index in [1.54, 1.807) is 11.8 Å². The number of rotatable bonds is 4. The molecule has 5 heteroatoms. The molecule has 1 aromatic carbocycles. The van der Waals surface area contributed by atoms with Crippen molar-refractivity contribution in [2.24, 2.45) is 0 Å². The fourth-order valence-electron chi connectivity index (χ4n) is 3.13. The van der Waals surface area contributed by atoms with E-state index in [0.717, 1.165) is 36.4 Å². The third kappa shape index (κ3) is 3.19. The second kappa shape index (κ2) is 6.82. The Morgan fingerprint density at radius 3 is 2.91 bits per heavy atom. The van der Waals surface area contributed by atoms with Crippen LogP contribution in [0.3, 0.4) is 0 Å². The molecule has 1 saturated heterocycles. The number of benzene rings is 1. The highest BCUT2D eigenvalue weighted by Crippen LogP contribution is 2.38. The Hall–Kier alpha value is -1.36. The van der Waals surface area contributed by atoms with Gasteiger partial charge in [0.1, 0.15) is 13.2 Å². The van der Waals surface area contributed by atoms with Gasteiger partial charge in [-0.1, -0.05) is 13.0 Å². The van der Waals surface area contributed by atoms with E-state index in [-0.39, 0.29) is 11.9 Å². The fourth-order valence-corrected chi connectivity index (χ4v) is 3.43. The van der Waals surface area contributed by atoms with E-state index < -0.39 is 0 Å². The van der Waals surface area contributed by atoms with Gasteiger partial charge in [0, 0.05) is 18.2 Å². The molecule has 0 aliphatic carbocycles. The number of thioether (sulfide) groups is 1. The Bertz CT molecular complexity index is 549. The molecule has 2 aliphatic rings. The van der Waals surface area contributed by atoms with Crippen LogP contribution in [-0.2, 0) is 4.79 Å². The smallest absolute Gasteiger partial charge is 0.224 e. The van der Waals surface area contributed by atoms with E-state index in [2.05, 4.69) is 19.2 Å². The summed E-state index contributed by atoms with van der Waals surface area (Å²) in [5, 5.41) is 0.369. The van der Waals surface area contributed by atoms with Crippen LogP contribution in [0.2, 0.25) is 0 Å². The van der Waals surface area contributed by atoms with E-state index in [4.69, 9.17) is 9.47 Å². The first-order valence-electron chi connectivity index (χ1n) is 7.91. The standard InChI is InChI=1S/C17H23NO3S/c1-12(22-2)10-17(19)18-7-3-4-14(18)13-5-6-15-16(11-13)21-9-8-20-15/h5-6,11-12,14H,3-4,7-10H2,1-2H3/t12-,14-/m0/s1. The van der Waals surface area contributed by atoms with Gasteiger partial charge < -0.3 is 14.4 Å². The van der Waals surface area contributed by atoms with Crippen LogP contribution in [0, 0.1) is 0 Å². The summed E-state index contributed by atoms with van der Waals surface area (Å²) in [4.78, 5) is 14.6. The SMILES string of the molecule is CS[C@@H](C)CC(=O)N1CCC[C@H]1c1ccc2c(c1)OCCO2. The minimum absolute atomic E-state index is 0.178. The van der Waals surface area contributed by atoms with Gasteiger partial charge in [-0.2, -0.15) is 11.8 Å². The van der Waals surface area contributed by atoms with Crippen LogP contribution in [0.1, 0.15) is 37.8 Å². The number of fused-ring (bicyclic) bond motifs is 1. The van der Waals surface area contributed by atoms with Crippen LogP contribution < -0.4 is 9.47 Å². The number of amides is 1. The summed E-state index contributed by atoms with van der Waals surface area (Å²) in [6, 6.07) is 6.26. The van der Waals surface area contributed by atoms with E-state index in [0.29, 0.717) is 24.9 Å². The van der Waals surface area contributed by atoms with Crippen LogP contribution in [0.5, 0.6) is 11.5 Å². The fraction of sp³-hybridized carbons (Fsp3) is 0.588. The van der Waals surface area contributed by atoms with Crippen molar-refractivity contribution in [1.82, 2.24) is 4.90 Å². The third-order valence-electron chi connectivity index (χ3n) is 4.39. The van der Waals surface area contributed by atoms with Crippen molar-refractivity contribution < 1.29 is 14.3 Å². The van der Waals surface area contributed by atoms with Crippen molar-refractivity contribution in [3.8, 4) is 11.5 Å². The van der Waals surface area contributed by atoms with Crippen LogP contribution in [0.4, 0.5) is 0 Å². The van der Waals surface area contributed by atoms with Gasteiger partial charge in [0.05, 0.1) is 6.04 Å². The first-order valence-corrected chi connectivity index (χ1v) is 9.19. The Labute approximate surface area is 136 Å². The Balaban J connectivity index is 1.76. The summed E-state index contributed by atoms with van der Waals surface area (Å²) in [6.07, 6.45) is 4.76. The molecule has 3 rings (SSSR count). The van der Waals surface area contributed by atoms with Crippen LogP contribution in [-0.4, -0.2) is 42.1 Å². The van der Waals surface area contributed by atoms with Crippen LogP contribution in [0.15, 0.2) is 18.2 Å². The van der Waals surface area contributed by atoms with Gasteiger partial charge in [0.2, 0.25) is 5.91 Å². The summed E-state index contributed by atoms with van der Waals surface area (Å²) in [7, 11) is 0. The molecule has 0 unspecified atom stereocenters. The molecule has 0 aromatic heterocycles. The number of ether oxygens (including phenoxy) is 2. The van der Waals surface area contributed by atoms with Crippen molar-refractivity contribution in [1.29, 1.82) is 0 Å². The van der Waals surface area contributed by atoms with Gasteiger partial charge in [-0.15, -0.1) is 0 Å². The molecule has 0 bridgehead atoms. The molecule has 2 atom stereocenters. The highest BCUT2D eigenvalue weighted by atomic mass is 32.2. The van der Waals surface area contributed by atoms with E-state index >= 15 is 0 Å². The first kappa shape index (κ1) is 15.5. The van der Waals surface area contributed by atoms with Crippen molar-refractivity contribution in [3.05, 3.63) is 23.8 Å². The molecule has 0 saturated carbocycles. The number of hydrogen-bond donors (Lipinski definition) is 0. The average Bonchev–Trinajstić information content (AvgIpc) is 3.04. The lowest BCUT2D eigenvalue weighted by atomic mass is 10.0. The van der Waals surface area contributed by atoms with Crippen LogP contribution >= 0.6 is 11.8 Å². The molecule has 0 N–H and O–H groups in total. The molecular weight excluding hydrogens is 298 g/mol. The highest BCUT2D eigenvalue weighted by molar-refractivity contribution is 7.99. The summed E-state index contributed by atoms with van der Waals surface area (Å²) in [5.41, 5.74) is 1.16. The lowest BCUT2D eigenvalue weighted by Crippen LogP contribution is -2.32. The number of carbonyl (C=O) groups excluding carboxylic acids is 1. The summed E-state index contributed by atoms with van der Waals surface area (Å²) >= 11 is 1.74. The molecular formula is C17H23NO3S. The predicted molar refractivity (Wildman–Crippen MR) is 88.7 cm³/mol. The maximum Gasteiger partial charge on any atom is 0.224 e. The molecule has 1 fully saturated rings. The van der Waals surface area contributed by atoms with Crippen molar-refractivity contribution in [2.75, 3.05) is 26.0 Å². The average molecular weight is 321 g/mol. The maximum absolute atomic E-state index is 12.5. The Kier molecular flexibility index (Phi) is 4.81. The monoisotopic (exact) mass is 321 g/mol. The minimum atomic E-state index is 0.178. The normalized spacial score (nSPS) is 21.7. The Morgan fingerprint density at radius 1 is 1.36 bits per heavy atom. The molecule has 1 amide bonds. The molecule has 4 nitrogen and oxygen atoms in total. The van der Waals surface area contributed by atoms with E-state index in [1.165, 1.54) is 0 Å². The van der Waals surface area contributed by atoms with Crippen molar-refractivity contribution in [2.45, 2.75) is 37.5 Å². The third-order valence-corrected chi connectivity index (χ3v) is 5.36. The number of carbonyl (C=O) groups is 1. The van der Waals surface area contributed by atoms with Crippen molar-refractivity contribution >= 4 is 17.7 Å². The van der Waals surface area contributed by atoms with Gasteiger partial charge in [0.15, 0.2) is 11.5 Å². The summed E-state index contributed by atoms with van der Waals surface area (Å²) in [6.45, 7) is 4.17. The zero-order chi connectivity index (χ0) is 15.5. The predicted octanol–water partition coefficient (Wildman–Crippen LogP) is 3.26. The van der Waals surface area contributed by atoms with E-state index in [1.807, 2.05) is 17.0 Å². The quantitative estimate of drug-likeness (QED) is 0.853. The maximum atomic E-state index is 12.5. The van der Waals surface area contributed by atoms with Crippen LogP contribution in [0.25, 0.3) is 0 Å². The lowest BCUT2D eigenvalue weighted by Gasteiger charge is -2.27. The second-order valence-electron chi connectivity index (χ2n) is 5.90. The summed E-state index contributed by atoms with van der Waals surface area (Å²) < 4.78 is 11.2. The Morgan fingerprint density at radius 2 is 2.14 bits per heavy atom. The topological polar surface area (TPSA) is 38.8 Å². The molecule has 120 valence electrons. The minimum Gasteiger partial charge on any atom is -0.486 e. The second-order valence-corrected chi connectivity index (χ2v) is 7.17. The highest BCUT2D eigenvalue weighted by Gasteiger charge is 2.31. The first-order chi connectivity index (χ1) is 10.7. The zero-order valence-electron chi connectivity index (χ0n) is 13.2. The molecule has 22 heavy (non-hydrogen) atoms. The van der Waals surface area contributed by atoms with Crippen molar-refractivity contribution in [3.63, 3.8) is 0 Å². The largest absolute Gasteiger partial charge is 0.486 e. The van der Waals surface area contributed by atoms with Gasteiger partial charge in [-0.3, -0.25) is 4.79 Å². The summed E-state index contributed by atoms with van der Waals surface area (Å²) in [5.74, 6) is 1.88. The zero-order valence-corrected chi connectivity index (χ0v) is 14.0. The van der Waals surface area contributed by atoms with Gasteiger partial charge >= 0.3 is 0 Å². The van der Waals surface area contributed by atoms with Gasteiger partial charge in [-0.25, -0.2) is 0 Å². The number of nitrogens with zero attached hydrogens (tertiary/aromatic N) is 1. The van der Waals surface area contributed by atoms with E-state index in [9.17, 15) is 4.79 Å².